The van der Waals surface area contributed by atoms with Gasteiger partial charge in [-0.05, 0) is 36.2 Å². The van der Waals surface area contributed by atoms with Gasteiger partial charge in [-0.3, -0.25) is 0 Å². The molecule has 1 atom stereocenters. The molecule has 0 bridgehead atoms. The van der Waals surface area contributed by atoms with E-state index in [-0.39, 0.29) is 0 Å². The highest BCUT2D eigenvalue weighted by molar-refractivity contribution is 5.39. The summed E-state index contributed by atoms with van der Waals surface area (Å²) in [5.74, 6) is 0.777. The first-order valence-electron chi connectivity index (χ1n) is 7.09. The molecule has 2 heterocycles. The third-order valence-corrected chi connectivity index (χ3v) is 3.45. The third kappa shape index (κ3) is 3.06. The number of aromatic nitrogens is 2. The molecule has 3 rings (SSSR count). The predicted molar refractivity (Wildman–Crippen MR) is 81.2 cm³/mol. The number of nitrogens with zero attached hydrogens (tertiary/aromatic N) is 2. The molecule has 0 amide bonds. The minimum absolute atomic E-state index is 0.405. The molecule has 0 saturated carbocycles. The maximum absolute atomic E-state index is 9.76. The van der Waals surface area contributed by atoms with Crippen LogP contribution in [0.4, 0.5) is 0 Å². The molecule has 0 aliphatic heterocycles. The first-order valence-corrected chi connectivity index (χ1v) is 7.09. The van der Waals surface area contributed by atoms with Crippen molar-refractivity contribution in [2.75, 3.05) is 0 Å². The molecule has 0 fully saturated rings. The number of imidazole rings is 1. The van der Waals surface area contributed by atoms with E-state index >= 15 is 0 Å². The molecule has 2 aromatic heterocycles. The molecule has 1 N–H and O–H groups in total. The molecular formula is C17H18N2O2. The van der Waals surface area contributed by atoms with Crippen LogP contribution in [0.1, 0.15) is 30.7 Å². The Morgan fingerprint density at radius 2 is 2.00 bits per heavy atom. The van der Waals surface area contributed by atoms with Gasteiger partial charge in [0.25, 0.3) is 0 Å². The maximum atomic E-state index is 9.76. The Kier molecular flexibility index (Phi) is 3.88. The second-order valence-electron chi connectivity index (χ2n) is 4.98. The number of benzene rings is 1. The van der Waals surface area contributed by atoms with Crippen molar-refractivity contribution in [3.63, 3.8) is 0 Å². The molecule has 0 saturated heterocycles. The number of pyridine rings is 1. The lowest BCUT2D eigenvalue weighted by Crippen LogP contribution is -1.97. The maximum Gasteiger partial charge on any atom is 0.137 e. The number of aliphatic hydroxyl groups excluding tert-OH is 1. The molecule has 0 unspecified atom stereocenters. The molecule has 0 aliphatic carbocycles. The molecule has 1 aromatic carbocycles. The van der Waals surface area contributed by atoms with E-state index in [9.17, 15) is 5.11 Å². The van der Waals surface area contributed by atoms with E-state index in [0.717, 1.165) is 22.7 Å². The second kappa shape index (κ2) is 5.97. The molecule has 3 aromatic rings. The lowest BCUT2D eigenvalue weighted by Gasteiger charge is -2.09. The molecule has 4 nitrogen and oxygen atoms in total. The van der Waals surface area contributed by atoms with Crippen LogP contribution in [0.5, 0.6) is 5.75 Å². The SMILES string of the molecule is CC[C@H](O)c1ccc(OCc2cn3ccccc3n2)cc1. The minimum Gasteiger partial charge on any atom is -0.487 e. The average molecular weight is 282 g/mol. The first-order chi connectivity index (χ1) is 10.3. The number of fused-ring (bicyclic) bond motifs is 1. The molecule has 21 heavy (non-hydrogen) atoms. The fourth-order valence-corrected chi connectivity index (χ4v) is 2.24. The fraction of sp³-hybridized carbons (Fsp3) is 0.235. The summed E-state index contributed by atoms with van der Waals surface area (Å²) < 4.78 is 7.70. The Balaban J connectivity index is 1.67. The van der Waals surface area contributed by atoms with Crippen molar-refractivity contribution in [2.24, 2.45) is 0 Å². The van der Waals surface area contributed by atoms with Crippen molar-refractivity contribution in [1.29, 1.82) is 0 Å². The Bertz CT molecular complexity index is 686. The highest BCUT2D eigenvalue weighted by Gasteiger charge is 2.05. The monoisotopic (exact) mass is 282 g/mol. The minimum atomic E-state index is -0.405. The zero-order valence-corrected chi connectivity index (χ0v) is 11.9. The molecule has 0 aliphatic rings. The van der Waals surface area contributed by atoms with E-state index in [4.69, 9.17) is 4.74 Å². The summed E-state index contributed by atoms with van der Waals surface area (Å²) in [6.07, 6.45) is 4.23. The topological polar surface area (TPSA) is 46.8 Å². The number of hydrogen-bond donors (Lipinski definition) is 1. The second-order valence-corrected chi connectivity index (χ2v) is 4.98. The van der Waals surface area contributed by atoms with Gasteiger partial charge < -0.3 is 14.2 Å². The number of ether oxygens (including phenoxy) is 1. The molecular weight excluding hydrogens is 264 g/mol. The van der Waals surface area contributed by atoms with Crippen LogP contribution in [0.3, 0.4) is 0 Å². The third-order valence-electron chi connectivity index (χ3n) is 3.45. The van der Waals surface area contributed by atoms with Crippen LogP contribution < -0.4 is 4.74 Å². The summed E-state index contributed by atoms with van der Waals surface area (Å²) in [6.45, 7) is 2.38. The lowest BCUT2D eigenvalue weighted by atomic mass is 10.1. The molecule has 0 radical (unpaired) electrons. The van der Waals surface area contributed by atoms with E-state index in [1.807, 2.05) is 66.2 Å². The van der Waals surface area contributed by atoms with Gasteiger partial charge in [0.15, 0.2) is 0 Å². The summed E-state index contributed by atoms with van der Waals surface area (Å²) in [4.78, 5) is 4.48. The van der Waals surface area contributed by atoms with Crippen LogP contribution in [0.25, 0.3) is 5.65 Å². The van der Waals surface area contributed by atoms with Gasteiger partial charge in [0.1, 0.15) is 18.0 Å². The van der Waals surface area contributed by atoms with Gasteiger partial charge in [-0.15, -0.1) is 0 Å². The lowest BCUT2D eigenvalue weighted by molar-refractivity contribution is 0.173. The molecule has 0 spiro atoms. The van der Waals surface area contributed by atoms with E-state index in [1.165, 1.54) is 0 Å². The quantitative estimate of drug-likeness (QED) is 0.780. The van der Waals surface area contributed by atoms with Crippen LogP contribution in [-0.2, 0) is 6.61 Å². The smallest absolute Gasteiger partial charge is 0.137 e. The summed E-state index contributed by atoms with van der Waals surface area (Å²) >= 11 is 0. The highest BCUT2D eigenvalue weighted by Crippen LogP contribution is 2.20. The zero-order valence-electron chi connectivity index (χ0n) is 11.9. The molecule has 4 heteroatoms. The number of aliphatic hydroxyl groups is 1. The van der Waals surface area contributed by atoms with Gasteiger partial charge in [-0.25, -0.2) is 4.98 Å². The van der Waals surface area contributed by atoms with Crippen molar-refractivity contribution >= 4 is 5.65 Å². The van der Waals surface area contributed by atoms with Crippen LogP contribution in [0, 0.1) is 0 Å². The van der Waals surface area contributed by atoms with E-state index in [0.29, 0.717) is 13.0 Å². The zero-order chi connectivity index (χ0) is 14.7. The summed E-state index contributed by atoms with van der Waals surface area (Å²) in [7, 11) is 0. The Morgan fingerprint density at radius 3 is 2.71 bits per heavy atom. The van der Waals surface area contributed by atoms with E-state index in [1.54, 1.807) is 0 Å². The van der Waals surface area contributed by atoms with E-state index < -0.39 is 6.10 Å². The Hall–Kier alpha value is -2.33. The van der Waals surface area contributed by atoms with Crippen LogP contribution in [0.2, 0.25) is 0 Å². The Labute approximate surface area is 123 Å². The normalized spacial score (nSPS) is 12.5. The van der Waals surface area contributed by atoms with Crippen molar-refractivity contribution in [2.45, 2.75) is 26.1 Å². The number of hydrogen-bond acceptors (Lipinski definition) is 3. The van der Waals surface area contributed by atoms with E-state index in [2.05, 4.69) is 4.98 Å². The van der Waals surface area contributed by atoms with Crippen molar-refractivity contribution < 1.29 is 9.84 Å². The molecule has 108 valence electrons. The summed E-state index contributed by atoms with van der Waals surface area (Å²) in [6, 6.07) is 13.4. The average Bonchev–Trinajstić information content (AvgIpc) is 2.95. The standard InChI is InChI=1S/C17H18N2O2/c1-2-16(20)13-6-8-15(9-7-13)21-12-14-11-19-10-4-3-5-17(19)18-14/h3-11,16,20H,2,12H2,1H3/t16-/m0/s1. The van der Waals surface area contributed by atoms with Crippen molar-refractivity contribution in [3.8, 4) is 5.75 Å². The van der Waals surface area contributed by atoms with Crippen LogP contribution >= 0.6 is 0 Å². The van der Waals surface area contributed by atoms with Gasteiger partial charge in [0.05, 0.1) is 11.8 Å². The van der Waals surface area contributed by atoms with Crippen LogP contribution in [-0.4, -0.2) is 14.5 Å². The summed E-state index contributed by atoms with van der Waals surface area (Å²) in [5.41, 5.74) is 2.72. The van der Waals surface area contributed by atoms with Gasteiger partial charge in [-0.1, -0.05) is 25.1 Å². The van der Waals surface area contributed by atoms with Crippen LogP contribution in [0.15, 0.2) is 54.9 Å². The fourth-order valence-electron chi connectivity index (χ4n) is 2.24. The Morgan fingerprint density at radius 1 is 1.19 bits per heavy atom. The first kappa shape index (κ1) is 13.6. The van der Waals surface area contributed by atoms with Gasteiger partial charge in [0.2, 0.25) is 0 Å². The van der Waals surface area contributed by atoms with Gasteiger partial charge >= 0.3 is 0 Å². The summed E-state index contributed by atoms with van der Waals surface area (Å²) in [5, 5.41) is 9.76. The van der Waals surface area contributed by atoms with Gasteiger partial charge in [0, 0.05) is 12.4 Å². The van der Waals surface area contributed by atoms with Gasteiger partial charge in [-0.2, -0.15) is 0 Å². The van der Waals surface area contributed by atoms with Crippen molar-refractivity contribution in [1.82, 2.24) is 9.38 Å². The largest absolute Gasteiger partial charge is 0.487 e. The predicted octanol–water partition coefficient (Wildman–Crippen LogP) is 3.36. The highest BCUT2D eigenvalue weighted by atomic mass is 16.5. The number of rotatable bonds is 5. The van der Waals surface area contributed by atoms with Crippen molar-refractivity contribution in [3.05, 3.63) is 66.1 Å².